The number of hydrogen-bond donors (Lipinski definition) is 1. The summed E-state index contributed by atoms with van der Waals surface area (Å²) >= 11 is 0. The molecule has 4 nitrogen and oxygen atoms in total. The molecule has 0 aromatic heterocycles. The van der Waals surface area contributed by atoms with E-state index in [1.807, 2.05) is 58.0 Å². The van der Waals surface area contributed by atoms with E-state index in [1.165, 1.54) is 0 Å². The zero-order valence-corrected chi connectivity index (χ0v) is 12.8. The SMILES string of the molecule is CC(CNC(=O)OC(C)(C)C)COCc1ccccc1. The largest absolute Gasteiger partial charge is 0.444 e. The van der Waals surface area contributed by atoms with E-state index < -0.39 is 5.60 Å². The average Bonchev–Trinajstić information content (AvgIpc) is 2.36. The highest BCUT2D eigenvalue weighted by molar-refractivity contribution is 5.67. The van der Waals surface area contributed by atoms with E-state index in [9.17, 15) is 4.79 Å². The predicted molar refractivity (Wildman–Crippen MR) is 79.5 cm³/mol. The van der Waals surface area contributed by atoms with Gasteiger partial charge < -0.3 is 14.8 Å². The second-order valence-electron chi connectivity index (χ2n) is 5.99. The summed E-state index contributed by atoms with van der Waals surface area (Å²) in [6.45, 7) is 9.31. The van der Waals surface area contributed by atoms with Crippen LogP contribution in [0.15, 0.2) is 30.3 Å². The second-order valence-corrected chi connectivity index (χ2v) is 5.99. The van der Waals surface area contributed by atoms with Crippen LogP contribution in [0.1, 0.15) is 33.3 Å². The van der Waals surface area contributed by atoms with Crippen LogP contribution in [0, 0.1) is 5.92 Å². The van der Waals surface area contributed by atoms with Gasteiger partial charge in [-0.1, -0.05) is 37.3 Å². The lowest BCUT2D eigenvalue weighted by molar-refractivity contribution is 0.0492. The molecule has 1 atom stereocenters. The van der Waals surface area contributed by atoms with Crippen molar-refractivity contribution in [1.82, 2.24) is 5.32 Å². The molecule has 0 aliphatic heterocycles. The van der Waals surface area contributed by atoms with E-state index in [0.717, 1.165) is 5.56 Å². The summed E-state index contributed by atoms with van der Waals surface area (Å²) in [7, 11) is 0. The fourth-order valence-electron chi connectivity index (χ4n) is 1.58. The minimum absolute atomic E-state index is 0.242. The second kappa shape index (κ2) is 7.90. The Morgan fingerprint density at radius 2 is 1.90 bits per heavy atom. The normalized spacial score (nSPS) is 12.8. The van der Waals surface area contributed by atoms with Crippen LogP contribution >= 0.6 is 0 Å². The fraction of sp³-hybridized carbons (Fsp3) is 0.562. The standard InChI is InChI=1S/C16H25NO3/c1-13(10-17-15(18)20-16(2,3)4)11-19-12-14-8-6-5-7-9-14/h5-9,13H,10-12H2,1-4H3,(H,17,18). The van der Waals surface area contributed by atoms with Gasteiger partial charge in [-0.25, -0.2) is 4.79 Å². The first-order valence-electron chi connectivity index (χ1n) is 6.95. The Morgan fingerprint density at radius 3 is 2.50 bits per heavy atom. The van der Waals surface area contributed by atoms with Gasteiger partial charge in [0.2, 0.25) is 0 Å². The highest BCUT2D eigenvalue weighted by Gasteiger charge is 2.16. The number of rotatable bonds is 6. The number of amides is 1. The van der Waals surface area contributed by atoms with Crippen LogP contribution in [0.3, 0.4) is 0 Å². The Labute approximate surface area is 121 Å². The van der Waals surface area contributed by atoms with Gasteiger partial charge in [0.15, 0.2) is 0 Å². The van der Waals surface area contributed by atoms with Gasteiger partial charge in [0.05, 0.1) is 13.2 Å². The van der Waals surface area contributed by atoms with E-state index >= 15 is 0 Å². The predicted octanol–water partition coefficient (Wildman–Crippen LogP) is 3.36. The molecule has 1 N–H and O–H groups in total. The molecule has 0 aliphatic rings. The van der Waals surface area contributed by atoms with Crippen molar-refractivity contribution in [3.63, 3.8) is 0 Å². The lowest BCUT2D eigenvalue weighted by Crippen LogP contribution is -2.35. The number of carbonyl (C=O) groups excluding carboxylic acids is 1. The van der Waals surface area contributed by atoms with Crippen LogP contribution in [-0.2, 0) is 16.1 Å². The van der Waals surface area contributed by atoms with Crippen molar-refractivity contribution in [3.05, 3.63) is 35.9 Å². The number of ether oxygens (including phenoxy) is 2. The zero-order chi connectivity index (χ0) is 15.0. The molecule has 0 saturated carbocycles. The first-order valence-corrected chi connectivity index (χ1v) is 6.95. The summed E-state index contributed by atoms with van der Waals surface area (Å²) in [5.74, 6) is 0.242. The summed E-state index contributed by atoms with van der Waals surface area (Å²) in [4.78, 5) is 11.5. The highest BCUT2D eigenvalue weighted by atomic mass is 16.6. The van der Waals surface area contributed by atoms with Crippen molar-refractivity contribution in [2.45, 2.75) is 39.9 Å². The van der Waals surface area contributed by atoms with E-state index in [0.29, 0.717) is 19.8 Å². The number of hydrogen-bond acceptors (Lipinski definition) is 3. The number of nitrogens with one attached hydrogen (secondary N) is 1. The fourth-order valence-corrected chi connectivity index (χ4v) is 1.58. The topological polar surface area (TPSA) is 47.6 Å². The molecule has 112 valence electrons. The van der Waals surface area contributed by atoms with Crippen molar-refractivity contribution in [2.75, 3.05) is 13.2 Å². The van der Waals surface area contributed by atoms with Gasteiger partial charge in [0.25, 0.3) is 0 Å². The first kappa shape index (κ1) is 16.5. The molecule has 0 radical (unpaired) electrons. The summed E-state index contributed by atoms with van der Waals surface area (Å²) in [6, 6.07) is 10.0. The molecule has 0 saturated heterocycles. The Morgan fingerprint density at radius 1 is 1.25 bits per heavy atom. The van der Waals surface area contributed by atoms with Crippen molar-refractivity contribution in [3.8, 4) is 0 Å². The zero-order valence-electron chi connectivity index (χ0n) is 12.8. The quantitative estimate of drug-likeness (QED) is 0.868. The molecule has 20 heavy (non-hydrogen) atoms. The lowest BCUT2D eigenvalue weighted by Gasteiger charge is -2.20. The molecule has 1 unspecified atom stereocenters. The summed E-state index contributed by atoms with van der Waals surface area (Å²) in [6.07, 6.45) is -0.382. The van der Waals surface area contributed by atoms with E-state index in [-0.39, 0.29) is 12.0 Å². The van der Waals surface area contributed by atoms with Crippen LogP contribution in [-0.4, -0.2) is 24.8 Å². The third-order valence-electron chi connectivity index (χ3n) is 2.51. The van der Waals surface area contributed by atoms with Crippen LogP contribution < -0.4 is 5.32 Å². The molecular weight excluding hydrogens is 254 g/mol. The summed E-state index contributed by atoms with van der Waals surface area (Å²) < 4.78 is 10.8. The number of benzene rings is 1. The minimum atomic E-state index is -0.461. The van der Waals surface area contributed by atoms with Gasteiger partial charge in [0, 0.05) is 6.54 Å². The Hall–Kier alpha value is -1.55. The molecule has 0 aliphatic carbocycles. The smallest absolute Gasteiger partial charge is 0.407 e. The highest BCUT2D eigenvalue weighted by Crippen LogP contribution is 2.07. The van der Waals surface area contributed by atoms with Crippen molar-refractivity contribution in [2.24, 2.45) is 5.92 Å². The number of alkyl carbamates (subject to hydrolysis) is 1. The maximum atomic E-state index is 11.5. The van der Waals surface area contributed by atoms with Crippen molar-refractivity contribution < 1.29 is 14.3 Å². The van der Waals surface area contributed by atoms with E-state index in [2.05, 4.69) is 5.32 Å². The molecule has 0 fully saturated rings. The van der Waals surface area contributed by atoms with Crippen LogP contribution in [0.5, 0.6) is 0 Å². The van der Waals surface area contributed by atoms with Crippen LogP contribution in [0.2, 0.25) is 0 Å². The first-order chi connectivity index (χ1) is 9.37. The van der Waals surface area contributed by atoms with E-state index in [4.69, 9.17) is 9.47 Å². The van der Waals surface area contributed by atoms with Gasteiger partial charge in [-0.2, -0.15) is 0 Å². The Kier molecular flexibility index (Phi) is 6.52. The molecule has 1 rings (SSSR count). The molecule has 1 aromatic carbocycles. The molecule has 0 heterocycles. The monoisotopic (exact) mass is 279 g/mol. The van der Waals surface area contributed by atoms with Gasteiger partial charge in [-0.15, -0.1) is 0 Å². The summed E-state index contributed by atoms with van der Waals surface area (Å²) in [5.41, 5.74) is 0.691. The van der Waals surface area contributed by atoms with Crippen molar-refractivity contribution in [1.29, 1.82) is 0 Å². The van der Waals surface area contributed by atoms with Crippen LogP contribution in [0.4, 0.5) is 4.79 Å². The van der Waals surface area contributed by atoms with Gasteiger partial charge >= 0.3 is 6.09 Å². The Bertz CT molecular complexity index is 398. The molecule has 4 heteroatoms. The van der Waals surface area contributed by atoms with E-state index in [1.54, 1.807) is 0 Å². The lowest BCUT2D eigenvalue weighted by atomic mass is 10.2. The molecule has 0 bridgehead atoms. The minimum Gasteiger partial charge on any atom is -0.444 e. The maximum Gasteiger partial charge on any atom is 0.407 e. The Balaban J connectivity index is 2.14. The third kappa shape index (κ3) is 7.79. The number of carbonyl (C=O) groups is 1. The van der Waals surface area contributed by atoms with Crippen molar-refractivity contribution >= 4 is 6.09 Å². The maximum absolute atomic E-state index is 11.5. The molecular formula is C16H25NO3. The van der Waals surface area contributed by atoms with Crippen LogP contribution in [0.25, 0.3) is 0 Å². The third-order valence-corrected chi connectivity index (χ3v) is 2.51. The molecule has 0 spiro atoms. The molecule has 1 amide bonds. The van der Waals surface area contributed by atoms with Gasteiger partial charge in [-0.3, -0.25) is 0 Å². The average molecular weight is 279 g/mol. The van der Waals surface area contributed by atoms with Gasteiger partial charge in [0.1, 0.15) is 5.60 Å². The molecule has 1 aromatic rings. The van der Waals surface area contributed by atoms with Gasteiger partial charge in [-0.05, 0) is 32.3 Å². The summed E-state index contributed by atoms with van der Waals surface area (Å²) in [5, 5.41) is 2.75.